The molecular formula is C52H90ClN13O18. The van der Waals surface area contributed by atoms with E-state index in [0.717, 1.165) is 64.4 Å². The third-order valence-electron chi connectivity index (χ3n) is 13.2. The normalized spacial score (nSPS) is 24.3. The molecule has 0 spiro atoms. The summed E-state index contributed by atoms with van der Waals surface area (Å²) >= 11 is 5.87. The highest BCUT2D eigenvalue weighted by molar-refractivity contribution is 6.18. The molecule has 21 N–H and O–H groups in total. The maximum absolute atomic E-state index is 14.2. The van der Waals surface area contributed by atoms with Crippen molar-refractivity contribution in [3.8, 4) is 0 Å². The molecule has 1 heterocycles. The van der Waals surface area contributed by atoms with Gasteiger partial charge in [-0.3, -0.25) is 47.9 Å². The number of hydrogen-bond donors (Lipinski definition) is 18. The monoisotopic (exact) mass is 1220 g/mol. The summed E-state index contributed by atoms with van der Waals surface area (Å²) in [5.41, 5.74) is 16.6. The molecule has 1 fully saturated rings. The van der Waals surface area contributed by atoms with Gasteiger partial charge in [0.15, 0.2) is 12.1 Å². The Balaban J connectivity index is 4.04. The molecule has 1 aliphatic rings. The van der Waals surface area contributed by atoms with Crippen molar-refractivity contribution in [2.45, 2.75) is 203 Å². The molecule has 1 saturated heterocycles. The number of allylic oxidation sites excluding steroid dienone is 1. The second kappa shape index (κ2) is 41.4. The summed E-state index contributed by atoms with van der Waals surface area (Å²) in [5, 5.41) is 75.2. The number of hydrogen-bond acceptors (Lipinski definition) is 20. The van der Waals surface area contributed by atoms with E-state index < -0.39 is 175 Å². The van der Waals surface area contributed by atoms with Gasteiger partial charge in [0.05, 0.1) is 37.0 Å². The molecule has 31 nitrogen and oxygen atoms in total. The minimum atomic E-state index is -2.82. The zero-order chi connectivity index (χ0) is 63.5. The Morgan fingerprint density at radius 1 is 0.631 bits per heavy atom. The van der Waals surface area contributed by atoms with Crippen molar-refractivity contribution >= 4 is 82.6 Å². The fourth-order valence-corrected chi connectivity index (χ4v) is 8.52. The standard InChI is InChI=1S/C52H90ClN13O18/c1-5-7-8-9-10-11-12-13-14-17-29(68)24-38(71)58-35-27-84-52(83)40(36(69)26-53)65-50(80)41(42(72)51(81)82)66-43(73)30(6-2)59-49(79)39(28(3)67)64-46(76)33(20-23-56)61-44(74)31(18-15-16-21-54)60-47(77)34(25-37(70)57-4)63-45(75)32(19-22-55)62-48(35)78/h6,28-29,31-36,39-42,67-69,72H,5,7-27,54-56H2,1-4H3,(H,57,70)(H,58,71)(H,59,79)(H,60,77)(H,61,74)(H,62,78)(H,63,75)(H,64,76)(H,65,80)(H,66,73)(H,81,82)/b30-6-/t28-,29+,31-,32+,33-,34-,35-,36+,39-,40-,41-,42-/m0/s1. The highest BCUT2D eigenvalue weighted by atomic mass is 35.5. The van der Waals surface area contributed by atoms with Crippen LogP contribution in [0, 0.1) is 0 Å². The van der Waals surface area contributed by atoms with E-state index in [4.69, 9.17) is 33.5 Å². The van der Waals surface area contributed by atoms with Gasteiger partial charge in [-0.15, -0.1) is 11.6 Å². The number of carbonyl (C=O) groups excluding carboxylic acids is 11. The number of carbonyl (C=O) groups is 12. The largest absolute Gasteiger partial charge is 0.479 e. The molecule has 0 saturated carbocycles. The van der Waals surface area contributed by atoms with Crippen LogP contribution in [0.15, 0.2) is 11.8 Å². The van der Waals surface area contributed by atoms with Crippen LogP contribution in [0.3, 0.4) is 0 Å². The van der Waals surface area contributed by atoms with Crippen LogP contribution in [0.1, 0.15) is 130 Å². The quantitative estimate of drug-likeness (QED) is 0.0150. The third-order valence-corrected chi connectivity index (χ3v) is 13.6. The highest BCUT2D eigenvalue weighted by Gasteiger charge is 2.41. The van der Waals surface area contributed by atoms with Crippen LogP contribution in [0.4, 0.5) is 0 Å². The molecule has 0 bridgehead atoms. The zero-order valence-electron chi connectivity index (χ0n) is 48.2. The molecule has 0 radical (unpaired) electrons. The fraction of sp³-hybridized carbons (Fsp3) is 0.731. The van der Waals surface area contributed by atoms with E-state index in [2.05, 4.69) is 49.5 Å². The molecule has 478 valence electrons. The number of ether oxygens (including phenoxy) is 1. The summed E-state index contributed by atoms with van der Waals surface area (Å²) in [6, 6.07) is -15.4. The summed E-state index contributed by atoms with van der Waals surface area (Å²) < 4.78 is 5.31. The third kappa shape index (κ3) is 27.9. The number of nitrogens with one attached hydrogen (secondary N) is 10. The van der Waals surface area contributed by atoms with Crippen LogP contribution >= 0.6 is 11.6 Å². The zero-order valence-corrected chi connectivity index (χ0v) is 49.0. The van der Waals surface area contributed by atoms with Crippen molar-refractivity contribution in [2.24, 2.45) is 17.2 Å². The smallest absolute Gasteiger partial charge is 0.335 e. The molecular weight excluding hydrogens is 1130 g/mol. The van der Waals surface area contributed by atoms with Gasteiger partial charge >= 0.3 is 11.9 Å². The van der Waals surface area contributed by atoms with Gasteiger partial charge in [0.25, 0.3) is 5.91 Å². The summed E-state index contributed by atoms with van der Waals surface area (Å²) in [5.74, 6) is -16.5. The molecule has 1 rings (SSSR count). The molecule has 0 aromatic rings. The Morgan fingerprint density at radius 3 is 1.65 bits per heavy atom. The molecule has 12 atom stereocenters. The minimum absolute atomic E-state index is 0.142. The van der Waals surface area contributed by atoms with Gasteiger partial charge in [-0.25, -0.2) is 9.59 Å². The Hall–Kier alpha value is -6.61. The van der Waals surface area contributed by atoms with Gasteiger partial charge in [0.2, 0.25) is 53.2 Å². The van der Waals surface area contributed by atoms with E-state index in [1.54, 1.807) is 0 Å². The lowest BCUT2D eigenvalue weighted by Crippen LogP contribution is -2.62. The minimum Gasteiger partial charge on any atom is -0.479 e. The predicted molar refractivity (Wildman–Crippen MR) is 302 cm³/mol. The van der Waals surface area contributed by atoms with Crippen LogP contribution in [0.2, 0.25) is 0 Å². The highest BCUT2D eigenvalue weighted by Crippen LogP contribution is 2.14. The number of aliphatic hydroxyl groups excluding tert-OH is 4. The molecule has 84 heavy (non-hydrogen) atoms. The first kappa shape index (κ1) is 75.4. The molecule has 0 unspecified atom stereocenters. The van der Waals surface area contributed by atoms with Crippen molar-refractivity contribution in [3.63, 3.8) is 0 Å². The van der Waals surface area contributed by atoms with Gasteiger partial charge in [-0.1, -0.05) is 70.8 Å². The van der Waals surface area contributed by atoms with Crippen LogP contribution in [0.5, 0.6) is 0 Å². The van der Waals surface area contributed by atoms with Gasteiger partial charge in [-0.2, -0.15) is 0 Å². The van der Waals surface area contributed by atoms with Crippen molar-refractivity contribution in [3.05, 3.63) is 11.8 Å². The lowest BCUT2D eigenvalue weighted by Gasteiger charge is -2.29. The predicted octanol–water partition coefficient (Wildman–Crippen LogP) is -5.50. The number of nitrogens with two attached hydrogens (primary N) is 3. The van der Waals surface area contributed by atoms with Gasteiger partial charge in [-0.05, 0) is 72.0 Å². The van der Waals surface area contributed by atoms with Crippen molar-refractivity contribution in [1.82, 2.24) is 53.2 Å². The number of esters is 1. The Kier molecular flexibility index (Phi) is 37.2. The van der Waals surface area contributed by atoms with Crippen molar-refractivity contribution < 1.29 is 87.8 Å². The van der Waals surface area contributed by atoms with Crippen molar-refractivity contribution in [2.75, 3.05) is 39.2 Å². The second-order valence-electron chi connectivity index (χ2n) is 20.1. The number of unbranched alkanes of at least 4 members (excludes halogenated alkanes) is 9. The maximum Gasteiger partial charge on any atom is 0.335 e. The molecule has 0 aromatic heterocycles. The van der Waals surface area contributed by atoms with E-state index in [9.17, 15) is 83.1 Å². The van der Waals surface area contributed by atoms with Crippen LogP contribution in [-0.2, 0) is 62.3 Å². The molecule has 32 heteroatoms. The van der Waals surface area contributed by atoms with Gasteiger partial charge in [0.1, 0.15) is 54.6 Å². The first-order valence-electron chi connectivity index (χ1n) is 28.2. The summed E-state index contributed by atoms with van der Waals surface area (Å²) in [6.45, 7) is 2.76. The number of alkyl halides is 1. The average Bonchev–Trinajstić information content (AvgIpc) is 3.46. The first-order chi connectivity index (χ1) is 39.8. The maximum atomic E-state index is 14.2. The van der Waals surface area contributed by atoms with Crippen LogP contribution < -0.4 is 70.4 Å². The topological polar surface area (TPSA) is 514 Å². The molecule has 10 amide bonds. The van der Waals surface area contributed by atoms with Gasteiger partial charge in [0, 0.05) is 7.05 Å². The number of aliphatic hydroxyl groups is 4. The number of carboxylic acid groups (broad SMARTS) is 1. The van der Waals surface area contributed by atoms with E-state index in [-0.39, 0.29) is 51.7 Å². The number of rotatable bonds is 28. The number of amides is 10. The lowest BCUT2D eigenvalue weighted by molar-refractivity contribution is -0.155. The number of carboxylic acids is 1. The van der Waals surface area contributed by atoms with E-state index in [1.165, 1.54) is 14.0 Å². The Bertz CT molecular complexity index is 2210. The molecule has 0 aliphatic carbocycles. The number of cyclic esters (lactones) is 1. The summed E-state index contributed by atoms with van der Waals surface area (Å²) in [7, 11) is 1.23. The van der Waals surface area contributed by atoms with Crippen molar-refractivity contribution in [1.29, 1.82) is 0 Å². The van der Waals surface area contributed by atoms with E-state index in [0.29, 0.717) is 12.8 Å². The Morgan fingerprint density at radius 2 is 1.14 bits per heavy atom. The van der Waals surface area contributed by atoms with E-state index in [1.807, 2.05) is 10.6 Å². The fourth-order valence-electron chi connectivity index (χ4n) is 8.34. The molecule has 0 aromatic carbocycles. The van der Waals surface area contributed by atoms with Gasteiger partial charge < -0.3 is 101 Å². The second-order valence-corrected chi connectivity index (χ2v) is 20.5. The summed E-state index contributed by atoms with van der Waals surface area (Å²) in [4.78, 5) is 164. The number of aliphatic carboxylic acids is 1. The van der Waals surface area contributed by atoms with Crippen LogP contribution in [-0.4, -0.2) is 208 Å². The average molecular weight is 1220 g/mol. The summed E-state index contributed by atoms with van der Waals surface area (Å²) in [6.07, 6.45) is 0.359. The molecule has 1 aliphatic heterocycles. The Labute approximate surface area is 493 Å². The lowest BCUT2D eigenvalue weighted by atomic mass is 10.0. The SMILES string of the molecule is C/C=C1\NC(=O)[C@H]([C@H](C)O)NC(=O)[C@H](CCN)NC(=O)[C@H](CCCCN)NC(=O)[C@H](CC(=O)NC)NC(=O)[C@@H](CCN)NC(=O)[C@@H](NC(=O)C[C@H](O)CCCCCCCCCCC)COC(=O)[C@H]([C@H](O)CCl)NC(=O)[C@H]([C@H](O)C(=O)O)NC1=O. The first-order valence-corrected chi connectivity index (χ1v) is 28.8. The van der Waals surface area contributed by atoms with Crippen LogP contribution in [0.25, 0.3) is 0 Å². The van der Waals surface area contributed by atoms with E-state index >= 15 is 0 Å². The number of halogens is 1.